The van der Waals surface area contributed by atoms with Crippen LogP contribution in [0.1, 0.15) is 32.1 Å². The summed E-state index contributed by atoms with van der Waals surface area (Å²) in [7, 11) is 2.10. The molecule has 2 nitrogen and oxygen atoms in total. The van der Waals surface area contributed by atoms with Crippen LogP contribution in [0, 0.1) is 11.3 Å². The molecule has 2 rings (SSSR count). The standard InChI is InChI=1S/C10H20N2/c1-12-9(8-3-2-4-8)10(7-11)5-6-10/h8-9,12H,2-7,11H2,1H3. The zero-order chi connectivity index (χ0) is 8.60. The zero-order valence-electron chi connectivity index (χ0n) is 7.97. The van der Waals surface area contributed by atoms with E-state index >= 15 is 0 Å². The lowest BCUT2D eigenvalue weighted by Crippen LogP contribution is -2.47. The molecular weight excluding hydrogens is 148 g/mol. The lowest BCUT2D eigenvalue weighted by Gasteiger charge is -2.38. The van der Waals surface area contributed by atoms with Crippen molar-refractivity contribution in [1.82, 2.24) is 5.32 Å². The van der Waals surface area contributed by atoms with Crippen molar-refractivity contribution in [3.8, 4) is 0 Å². The first-order valence-corrected chi connectivity index (χ1v) is 5.20. The third-order valence-corrected chi connectivity index (χ3v) is 3.89. The highest BCUT2D eigenvalue weighted by Crippen LogP contribution is 2.52. The lowest BCUT2D eigenvalue weighted by atomic mass is 9.73. The van der Waals surface area contributed by atoms with Gasteiger partial charge in [-0.25, -0.2) is 0 Å². The largest absolute Gasteiger partial charge is 0.330 e. The minimum atomic E-state index is 0.500. The summed E-state index contributed by atoms with van der Waals surface area (Å²) in [5.74, 6) is 0.932. The van der Waals surface area contributed by atoms with Crippen LogP contribution in [0.5, 0.6) is 0 Å². The Morgan fingerprint density at radius 1 is 1.50 bits per heavy atom. The molecule has 0 aromatic carbocycles. The molecule has 2 heteroatoms. The summed E-state index contributed by atoms with van der Waals surface area (Å²) in [5.41, 5.74) is 6.32. The molecule has 0 spiro atoms. The smallest absolute Gasteiger partial charge is 0.0161 e. The Labute approximate surface area is 74.9 Å². The molecule has 0 aromatic rings. The summed E-state index contributed by atoms with van der Waals surface area (Å²) in [6.45, 7) is 0.884. The molecule has 2 aliphatic rings. The monoisotopic (exact) mass is 168 g/mol. The first-order valence-electron chi connectivity index (χ1n) is 5.20. The molecule has 2 fully saturated rings. The van der Waals surface area contributed by atoms with E-state index in [0.717, 1.165) is 18.5 Å². The Morgan fingerprint density at radius 2 is 2.17 bits per heavy atom. The van der Waals surface area contributed by atoms with Gasteiger partial charge in [0.25, 0.3) is 0 Å². The van der Waals surface area contributed by atoms with E-state index in [0.29, 0.717) is 5.41 Å². The maximum atomic E-state index is 5.82. The molecule has 12 heavy (non-hydrogen) atoms. The fourth-order valence-electron chi connectivity index (χ4n) is 2.62. The topological polar surface area (TPSA) is 38.0 Å². The third kappa shape index (κ3) is 1.17. The molecule has 0 aromatic heterocycles. The van der Waals surface area contributed by atoms with Gasteiger partial charge in [-0.15, -0.1) is 0 Å². The Balaban J connectivity index is 1.97. The van der Waals surface area contributed by atoms with Crippen molar-refractivity contribution in [2.24, 2.45) is 17.1 Å². The second kappa shape index (κ2) is 3.00. The second-order valence-corrected chi connectivity index (χ2v) is 4.52. The van der Waals surface area contributed by atoms with Gasteiger partial charge in [0.1, 0.15) is 0 Å². The van der Waals surface area contributed by atoms with Crippen LogP contribution in [0.15, 0.2) is 0 Å². The molecule has 2 aliphatic carbocycles. The molecule has 1 atom stereocenters. The van der Waals surface area contributed by atoms with Crippen molar-refractivity contribution in [2.75, 3.05) is 13.6 Å². The number of hydrogen-bond donors (Lipinski definition) is 2. The van der Waals surface area contributed by atoms with Crippen molar-refractivity contribution in [1.29, 1.82) is 0 Å². The lowest BCUT2D eigenvalue weighted by molar-refractivity contribution is 0.171. The Hall–Kier alpha value is -0.0800. The molecule has 2 saturated carbocycles. The molecule has 0 amide bonds. The van der Waals surface area contributed by atoms with Crippen LogP contribution in [0.25, 0.3) is 0 Å². The van der Waals surface area contributed by atoms with Crippen LogP contribution in [-0.2, 0) is 0 Å². The van der Waals surface area contributed by atoms with Gasteiger partial charge in [0, 0.05) is 6.04 Å². The van der Waals surface area contributed by atoms with Crippen LogP contribution in [0.3, 0.4) is 0 Å². The summed E-state index contributed by atoms with van der Waals surface area (Å²) in [5, 5.41) is 3.48. The maximum absolute atomic E-state index is 5.82. The van der Waals surface area contributed by atoms with Crippen LogP contribution in [0.2, 0.25) is 0 Å². The molecule has 0 radical (unpaired) electrons. The number of nitrogens with one attached hydrogen (secondary N) is 1. The molecule has 0 bridgehead atoms. The minimum absolute atomic E-state index is 0.500. The first kappa shape index (κ1) is 8.52. The number of hydrogen-bond acceptors (Lipinski definition) is 2. The summed E-state index contributed by atoms with van der Waals surface area (Å²) >= 11 is 0. The minimum Gasteiger partial charge on any atom is -0.330 e. The third-order valence-electron chi connectivity index (χ3n) is 3.89. The van der Waals surface area contributed by atoms with Crippen LogP contribution >= 0.6 is 0 Å². The van der Waals surface area contributed by atoms with E-state index in [1.165, 1.54) is 32.1 Å². The average molecular weight is 168 g/mol. The SMILES string of the molecule is CNC(C1CCC1)C1(CN)CC1. The van der Waals surface area contributed by atoms with Gasteiger partial charge in [-0.05, 0) is 50.6 Å². The van der Waals surface area contributed by atoms with Gasteiger partial charge in [0.15, 0.2) is 0 Å². The average Bonchev–Trinajstić information content (AvgIpc) is 2.76. The number of rotatable bonds is 4. The van der Waals surface area contributed by atoms with Gasteiger partial charge in [0.2, 0.25) is 0 Å². The Kier molecular flexibility index (Phi) is 2.13. The van der Waals surface area contributed by atoms with Gasteiger partial charge < -0.3 is 11.1 Å². The fraction of sp³-hybridized carbons (Fsp3) is 1.00. The fourth-order valence-corrected chi connectivity index (χ4v) is 2.62. The predicted molar refractivity (Wildman–Crippen MR) is 50.9 cm³/mol. The van der Waals surface area contributed by atoms with Crippen molar-refractivity contribution in [3.05, 3.63) is 0 Å². The molecule has 70 valence electrons. The molecule has 0 aliphatic heterocycles. The van der Waals surface area contributed by atoms with Gasteiger partial charge in [-0.2, -0.15) is 0 Å². The van der Waals surface area contributed by atoms with Crippen molar-refractivity contribution < 1.29 is 0 Å². The highest BCUT2D eigenvalue weighted by molar-refractivity contribution is 5.06. The van der Waals surface area contributed by atoms with Crippen molar-refractivity contribution >= 4 is 0 Å². The molecule has 1 unspecified atom stereocenters. The van der Waals surface area contributed by atoms with E-state index in [9.17, 15) is 0 Å². The summed E-state index contributed by atoms with van der Waals surface area (Å²) in [4.78, 5) is 0. The van der Waals surface area contributed by atoms with Crippen molar-refractivity contribution in [2.45, 2.75) is 38.1 Å². The second-order valence-electron chi connectivity index (χ2n) is 4.52. The molecule has 0 saturated heterocycles. The van der Waals surface area contributed by atoms with E-state index in [-0.39, 0.29) is 0 Å². The Morgan fingerprint density at radius 3 is 2.42 bits per heavy atom. The van der Waals surface area contributed by atoms with Crippen LogP contribution < -0.4 is 11.1 Å². The molecular formula is C10H20N2. The summed E-state index contributed by atoms with van der Waals surface area (Å²) in [6, 6.07) is 0.719. The zero-order valence-corrected chi connectivity index (χ0v) is 7.97. The number of nitrogens with two attached hydrogens (primary N) is 1. The van der Waals surface area contributed by atoms with E-state index < -0.39 is 0 Å². The van der Waals surface area contributed by atoms with Gasteiger partial charge in [0.05, 0.1) is 0 Å². The normalized spacial score (nSPS) is 29.5. The van der Waals surface area contributed by atoms with Crippen LogP contribution in [-0.4, -0.2) is 19.6 Å². The first-order chi connectivity index (χ1) is 5.82. The van der Waals surface area contributed by atoms with E-state index in [2.05, 4.69) is 12.4 Å². The van der Waals surface area contributed by atoms with Gasteiger partial charge in [-0.1, -0.05) is 6.42 Å². The van der Waals surface area contributed by atoms with Gasteiger partial charge >= 0.3 is 0 Å². The molecule has 0 heterocycles. The van der Waals surface area contributed by atoms with E-state index in [1.807, 2.05) is 0 Å². The van der Waals surface area contributed by atoms with E-state index in [4.69, 9.17) is 5.73 Å². The quantitative estimate of drug-likeness (QED) is 0.660. The predicted octanol–water partition coefficient (Wildman–Crippen LogP) is 1.11. The highest BCUT2D eigenvalue weighted by atomic mass is 14.9. The molecule has 3 N–H and O–H groups in total. The highest BCUT2D eigenvalue weighted by Gasteiger charge is 2.51. The van der Waals surface area contributed by atoms with E-state index in [1.54, 1.807) is 0 Å². The van der Waals surface area contributed by atoms with Crippen molar-refractivity contribution in [3.63, 3.8) is 0 Å². The Bertz CT molecular complexity index is 159. The summed E-state index contributed by atoms with van der Waals surface area (Å²) < 4.78 is 0. The van der Waals surface area contributed by atoms with Gasteiger partial charge in [-0.3, -0.25) is 0 Å². The van der Waals surface area contributed by atoms with Crippen LogP contribution in [0.4, 0.5) is 0 Å². The summed E-state index contributed by atoms with van der Waals surface area (Å²) in [6.07, 6.45) is 6.99. The maximum Gasteiger partial charge on any atom is 0.0161 e.